The molecule has 0 saturated carbocycles. The minimum Gasteiger partial charge on any atom is -0.370 e. The van der Waals surface area contributed by atoms with E-state index in [1.165, 1.54) is 0 Å². The van der Waals surface area contributed by atoms with Crippen LogP contribution in [0.1, 0.15) is 26.7 Å². The van der Waals surface area contributed by atoms with Crippen molar-refractivity contribution in [3.63, 3.8) is 0 Å². The Bertz CT molecular complexity index is 1450. The van der Waals surface area contributed by atoms with Crippen LogP contribution in [0.5, 0.6) is 0 Å². The monoisotopic (exact) mass is 533 g/mol. The Labute approximate surface area is 229 Å². The lowest BCUT2D eigenvalue weighted by Gasteiger charge is -2.42. The van der Waals surface area contributed by atoms with Crippen molar-refractivity contribution in [2.75, 3.05) is 57.1 Å². The summed E-state index contributed by atoms with van der Waals surface area (Å²) in [7, 11) is 6.51. The Hall–Kier alpha value is -3.01. The molecule has 2 aliphatic rings. The Balaban J connectivity index is 1.34. The molecule has 9 nitrogen and oxygen atoms in total. The van der Waals surface area contributed by atoms with Gasteiger partial charge in [-0.15, -0.1) is 10.2 Å². The van der Waals surface area contributed by atoms with Gasteiger partial charge in [0.2, 0.25) is 5.95 Å². The standard InChI is InChI=1S/C28H36ClN9/c1-18-16-37(17-19(2)35(18)5)28-33-32-26-15-30-24-8-7-23(31-27(24)38(26)28)20-6-9-25(22(29)14-20)36-12-10-21(11-13-36)34(3)4/h6-9,14-15,18-19,21H,10-13,16-17H2,1-5H3/t18-,19+. The number of benzene rings is 1. The van der Waals surface area contributed by atoms with E-state index in [1.807, 2.05) is 22.6 Å². The fraction of sp³-hybridized carbons (Fsp3) is 0.500. The number of piperidine rings is 1. The van der Waals surface area contributed by atoms with Gasteiger partial charge in [-0.1, -0.05) is 17.7 Å². The summed E-state index contributed by atoms with van der Waals surface area (Å²) >= 11 is 6.85. The predicted molar refractivity (Wildman–Crippen MR) is 154 cm³/mol. The maximum Gasteiger partial charge on any atom is 0.233 e. The molecule has 0 spiro atoms. The van der Waals surface area contributed by atoms with Gasteiger partial charge in [-0.05, 0) is 72.1 Å². The second-order valence-electron chi connectivity index (χ2n) is 11.1. The minimum absolute atomic E-state index is 0.414. The van der Waals surface area contributed by atoms with Gasteiger partial charge in [0.25, 0.3) is 0 Å². The van der Waals surface area contributed by atoms with Crippen LogP contribution in [0.25, 0.3) is 28.1 Å². The van der Waals surface area contributed by atoms with Gasteiger partial charge in [-0.3, -0.25) is 4.90 Å². The molecule has 200 valence electrons. The minimum atomic E-state index is 0.414. The third-order valence-electron chi connectivity index (χ3n) is 8.48. The first-order valence-electron chi connectivity index (χ1n) is 13.5. The van der Waals surface area contributed by atoms with Crippen molar-refractivity contribution >= 4 is 40.0 Å². The summed E-state index contributed by atoms with van der Waals surface area (Å²) in [5.74, 6) is 0.818. The summed E-state index contributed by atoms with van der Waals surface area (Å²) in [5, 5.41) is 9.76. The van der Waals surface area contributed by atoms with Crippen LogP contribution in [-0.2, 0) is 0 Å². The van der Waals surface area contributed by atoms with Crippen LogP contribution in [0.3, 0.4) is 0 Å². The summed E-state index contributed by atoms with van der Waals surface area (Å²) < 4.78 is 2.04. The van der Waals surface area contributed by atoms with Crippen LogP contribution in [0.15, 0.2) is 36.5 Å². The summed E-state index contributed by atoms with van der Waals surface area (Å²) in [6.45, 7) is 8.29. The molecule has 0 radical (unpaired) electrons. The molecule has 2 fully saturated rings. The molecular formula is C28H36ClN9. The van der Waals surface area contributed by atoms with Gasteiger partial charge in [0, 0.05) is 49.9 Å². The molecule has 0 aliphatic carbocycles. The molecule has 1 aromatic carbocycles. The highest BCUT2D eigenvalue weighted by atomic mass is 35.5. The van der Waals surface area contributed by atoms with E-state index in [9.17, 15) is 0 Å². The molecule has 3 aromatic heterocycles. The zero-order valence-electron chi connectivity index (χ0n) is 22.8. The van der Waals surface area contributed by atoms with E-state index >= 15 is 0 Å². The van der Waals surface area contributed by atoms with Crippen molar-refractivity contribution in [1.82, 2.24) is 34.4 Å². The number of piperazine rings is 1. The Morgan fingerprint density at radius 3 is 2.37 bits per heavy atom. The molecule has 2 aliphatic heterocycles. The molecule has 4 aromatic rings. The van der Waals surface area contributed by atoms with Gasteiger partial charge in [-0.25, -0.2) is 14.4 Å². The largest absolute Gasteiger partial charge is 0.370 e. The third-order valence-corrected chi connectivity index (χ3v) is 8.78. The Morgan fingerprint density at radius 2 is 1.68 bits per heavy atom. The topological polar surface area (TPSA) is 68.9 Å². The second kappa shape index (κ2) is 9.94. The maximum atomic E-state index is 6.85. The number of likely N-dealkylation sites (N-methyl/N-ethyl adjacent to an activating group) is 1. The van der Waals surface area contributed by atoms with Crippen LogP contribution in [0.4, 0.5) is 11.6 Å². The highest BCUT2D eigenvalue weighted by molar-refractivity contribution is 6.33. The molecule has 0 bridgehead atoms. The van der Waals surface area contributed by atoms with Crippen LogP contribution in [-0.4, -0.2) is 99.8 Å². The molecule has 6 rings (SSSR count). The van der Waals surface area contributed by atoms with Crippen LogP contribution >= 0.6 is 11.6 Å². The maximum absolute atomic E-state index is 6.85. The molecule has 2 atom stereocenters. The smallest absolute Gasteiger partial charge is 0.233 e. The van der Waals surface area contributed by atoms with Crippen molar-refractivity contribution in [2.45, 2.75) is 44.8 Å². The molecule has 2 saturated heterocycles. The van der Waals surface area contributed by atoms with E-state index in [1.54, 1.807) is 6.20 Å². The van der Waals surface area contributed by atoms with Crippen molar-refractivity contribution in [2.24, 2.45) is 0 Å². The molecular weight excluding hydrogens is 498 g/mol. The number of aromatic nitrogens is 5. The highest BCUT2D eigenvalue weighted by Crippen LogP contribution is 2.33. The predicted octanol–water partition coefficient (Wildman–Crippen LogP) is 4.05. The zero-order valence-corrected chi connectivity index (χ0v) is 23.6. The summed E-state index contributed by atoms with van der Waals surface area (Å²) in [6.07, 6.45) is 4.06. The summed E-state index contributed by atoms with van der Waals surface area (Å²) in [6, 6.07) is 11.8. The number of nitrogens with zero attached hydrogens (tertiary/aromatic N) is 9. The van der Waals surface area contributed by atoms with E-state index < -0.39 is 0 Å². The van der Waals surface area contributed by atoms with Crippen LogP contribution < -0.4 is 9.80 Å². The molecule has 0 unspecified atom stereocenters. The molecule has 0 amide bonds. The third kappa shape index (κ3) is 4.46. The average molecular weight is 534 g/mol. The van der Waals surface area contributed by atoms with E-state index in [4.69, 9.17) is 16.6 Å². The average Bonchev–Trinajstić information content (AvgIpc) is 3.36. The molecule has 5 heterocycles. The van der Waals surface area contributed by atoms with Crippen molar-refractivity contribution in [1.29, 1.82) is 0 Å². The lowest BCUT2D eigenvalue weighted by molar-refractivity contribution is 0.169. The Kier molecular flexibility index (Phi) is 6.62. The van der Waals surface area contributed by atoms with Gasteiger partial charge in [0.15, 0.2) is 11.3 Å². The van der Waals surface area contributed by atoms with Gasteiger partial charge in [0.1, 0.15) is 5.52 Å². The van der Waals surface area contributed by atoms with Gasteiger partial charge < -0.3 is 14.7 Å². The molecule has 10 heteroatoms. The number of fused-ring (bicyclic) bond motifs is 3. The molecule has 0 N–H and O–H groups in total. The first-order valence-corrected chi connectivity index (χ1v) is 13.9. The summed E-state index contributed by atoms with van der Waals surface area (Å²) in [4.78, 5) is 19.1. The van der Waals surface area contributed by atoms with E-state index in [0.29, 0.717) is 23.8 Å². The number of pyridine rings is 1. The van der Waals surface area contributed by atoms with Gasteiger partial charge in [-0.2, -0.15) is 0 Å². The fourth-order valence-electron chi connectivity index (χ4n) is 5.89. The van der Waals surface area contributed by atoms with E-state index in [0.717, 1.165) is 78.1 Å². The van der Waals surface area contributed by atoms with Crippen LogP contribution in [0, 0.1) is 0 Å². The quantitative estimate of drug-likeness (QED) is 0.389. The Morgan fingerprint density at radius 1 is 0.947 bits per heavy atom. The van der Waals surface area contributed by atoms with Gasteiger partial charge in [0.05, 0.1) is 22.6 Å². The number of hydrogen-bond donors (Lipinski definition) is 0. The first-order chi connectivity index (χ1) is 18.3. The SMILES string of the molecule is C[C@@H]1CN(c2nnc3cnc4ccc(-c5ccc(N6CCC(N(C)C)CC6)c(Cl)c5)nc4n23)C[C@H](C)N1C. The van der Waals surface area contributed by atoms with E-state index in [-0.39, 0.29) is 0 Å². The number of halogens is 1. The van der Waals surface area contributed by atoms with Crippen molar-refractivity contribution < 1.29 is 0 Å². The number of hydrogen-bond acceptors (Lipinski definition) is 8. The van der Waals surface area contributed by atoms with Crippen molar-refractivity contribution in [3.8, 4) is 11.3 Å². The van der Waals surface area contributed by atoms with Crippen molar-refractivity contribution in [3.05, 3.63) is 41.6 Å². The van der Waals surface area contributed by atoms with E-state index in [2.05, 4.69) is 81.9 Å². The lowest BCUT2D eigenvalue weighted by Crippen LogP contribution is -2.55. The lowest BCUT2D eigenvalue weighted by atomic mass is 10.0. The highest BCUT2D eigenvalue weighted by Gasteiger charge is 2.29. The molecule has 38 heavy (non-hydrogen) atoms. The second-order valence-corrected chi connectivity index (χ2v) is 11.5. The summed E-state index contributed by atoms with van der Waals surface area (Å²) in [5.41, 5.74) is 5.19. The van der Waals surface area contributed by atoms with Gasteiger partial charge >= 0.3 is 0 Å². The van der Waals surface area contributed by atoms with Crippen LogP contribution in [0.2, 0.25) is 5.02 Å². The first kappa shape index (κ1) is 25.3. The zero-order chi connectivity index (χ0) is 26.6. The normalized spacial score (nSPS) is 21.8. The fourth-order valence-corrected chi connectivity index (χ4v) is 6.19. The number of rotatable bonds is 4. The number of anilines is 2.